The maximum Gasteiger partial charge on any atom is 0.417 e. The van der Waals surface area contributed by atoms with Crippen molar-refractivity contribution in [1.82, 2.24) is 30.6 Å². The van der Waals surface area contributed by atoms with Crippen molar-refractivity contribution in [3.05, 3.63) is 58.9 Å². The van der Waals surface area contributed by atoms with Crippen LogP contribution in [0.15, 0.2) is 30.7 Å². The lowest BCUT2D eigenvalue weighted by molar-refractivity contribution is -0.137. The molecule has 0 fully saturated rings. The number of halogens is 4. The lowest BCUT2D eigenvalue weighted by Crippen LogP contribution is -2.51. The molecular formula is C22H26F4N6O3. The molecule has 2 heterocycles. The van der Waals surface area contributed by atoms with E-state index in [1.807, 2.05) is 0 Å². The first kappa shape index (κ1) is 27.5. The number of alkyl halides is 3. The minimum absolute atomic E-state index is 0.0517. The third kappa shape index (κ3) is 6.87. The summed E-state index contributed by atoms with van der Waals surface area (Å²) in [5, 5.41) is 3.27. The van der Waals surface area contributed by atoms with E-state index >= 15 is 0 Å². The van der Waals surface area contributed by atoms with Crippen molar-refractivity contribution in [2.75, 3.05) is 19.6 Å². The van der Waals surface area contributed by atoms with E-state index in [0.717, 1.165) is 17.3 Å². The summed E-state index contributed by atoms with van der Waals surface area (Å²) < 4.78 is 53.3. The van der Waals surface area contributed by atoms with Crippen molar-refractivity contribution < 1.29 is 31.9 Å². The molecule has 13 heteroatoms. The molecule has 0 aromatic carbocycles. The summed E-state index contributed by atoms with van der Waals surface area (Å²) in [4.78, 5) is 46.2. The molecule has 0 unspecified atom stereocenters. The number of nitrogens with zero attached hydrogens (tertiary/aromatic N) is 4. The Morgan fingerprint density at radius 2 is 1.66 bits per heavy atom. The fraction of sp³-hybridized carbons (Fsp3) is 0.409. The molecule has 0 saturated carbocycles. The Morgan fingerprint density at radius 1 is 1.00 bits per heavy atom. The van der Waals surface area contributed by atoms with Gasteiger partial charge in [-0.3, -0.25) is 25.0 Å². The van der Waals surface area contributed by atoms with E-state index in [1.54, 1.807) is 13.8 Å². The van der Waals surface area contributed by atoms with Crippen LogP contribution in [-0.2, 0) is 6.18 Å². The van der Waals surface area contributed by atoms with Crippen molar-refractivity contribution in [3.63, 3.8) is 0 Å². The molecule has 190 valence electrons. The average Bonchev–Trinajstić information content (AvgIpc) is 2.82. The molecule has 2 N–H and O–H groups in total. The molecule has 0 saturated heterocycles. The highest BCUT2D eigenvalue weighted by molar-refractivity contribution is 5.95. The van der Waals surface area contributed by atoms with Gasteiger partial charge in [-0.15, -0.1) is 0 Å². The average molecular weight is 498 g/mol. The fourth-order valence-corrected chi connectivity index (χ4v) is 3.09. The molecule has 0 aliphatic carbocycles. The lowest BCUT2D eigenvalue weighted by Gasteiger charge is -2.24. The van der Waals surface area contributed by atoms with E-state index in [2.05, 4.69) is 20.7 Å². The molecule has 0 aliphatic rings. The predicted octanol–water partition coefficient (Wildman–Crippen LogP) is 3.55. The number of aromatic nitrogens is 2. The van der Waals surface area contributed by atoms with Crippen LogP contribution >= 0.6 is 0 Å². The Hall–Kier alpha value is -3.77. The zero-order valence-electron chi connectivity index (χ0n) is 19.6. The quantitative estimate of drug-likeness (QED) is 0.449. The number of amides is 4. The van der Waals surface area contributed by atoms with E-state index in [1.165, 1.54) is 24.9 Å². The number of carbonyl (C=O) groups is 3. The summed E-state index contributed by atoms with van der Waals surface area (Å²) in [7, 11) is 0. The number of hydrogen-bond acceptors (Lipinski definition) is 5. The minimum Gasteiger partial charge on any atom is -0.339 e. The first-order valence-electron chi connectivity index (χ1n) is 10.8. The molecule has 2 aromatic heterocycles. The van der Waals surface area contributed by atoms with Crippen molar-refractivity contribution in [2.24, 2.45) is 0 Å². The molecule has 1 atom stereocenters. The highest BCUT2D eigenvalue weighted by Crippen LogP contribution is 2.28. The zero-order valence-corrected chi connectivity index (χ0v) is 19.6. The molecule has 4 amide bonds. The van der Waals surface area contributed by atoms with Crippen molar-refractivity contribution in [1.29, 1.82) is 0 Å². The Morgan fingerprint density at radius 3 is 2.20 bits per heavy atom. The second kappa shape index (κ2) is 11.6. The van der Waals surface area contributed by atoms with Crippen LogP contribution in [0.25, 0.3) is 0 Å². The summed E-state index contributed by atoms with van der Waals surface area (Å²) in [6.45, 7) is 7.38. The Bertz CT molecular complexity index is 1080. The van der Waals surface area contributed by atoms with Crippen LogP contribution in [-0.4, -0.2) is 57.4 Å². The van der Waals surface area contributed by atoms with Crippen LogP contribution in [0.4, 0.5) is 22.4 Å². The normalized spacial score (nSPS) is 12.0. The SMILES string of the molecule is CCN(CC)C(=O)c1cnc([C@@H](C)NC(=O)N(CC)NC(=O)c2cncc(C(F)(F)F)c2)c(F)c1. The van der Waals surface area contributed by atoms with Gasteiger partial charge in [0, 0.05) is 38.2 Å². The van der Waals surface area contributed by atoms with E-state index < -0.39 is 41.1 Å². The smallest absolute Gasteiger partial charge is 0.339 e. The molecule has 0 spiro atoms. The van der Waals surface area contributed by atoms with Gasteiger partial charge in [-0.25, -0.2) is 14.2 Å². The third-order valence-corrected chi connectivity index (χ3v) is 5.04. The van der Waals surface area contributed by atoms with Gasteiger partial charge in [0.25, 0.3) is 11.8 Å². The topological polar surface area (TPSA) is 108 Å². The number of pyridine rings is 2. The van der Waals surface area contributed by atoms with Gasteiger partial charge in [-0.1, -0.05) is 0 Å². The molecule has 9 nitrogen and oxygen atoms in total. The van der Waals surface area contributed by atoms with Crippen molar-refractivity contribution in [2.45, 2.75) is 39.9 Å². The Labute approximate surface area is 199 Å². The van der Waals surface area contributed by atoms with E-state index in [4.69, 9.17) is 0 Å². The summed E-state index contributed by atoms with van der Waals surface area (Å²) in [6, 6.07) is -0.165. The first-order chi connectivity index (χ1) is 16.4. The van der Waals surface area contributed by atoms with Gasteiger partial charge in [0.2, 0.25) is 0 Å². The van der Waals surface area contributed by atoms with Gasteiger partial charge in [0.05, 0.1) is 28.4 Å². The number of urea groups is 1. The molecule has 2 aromatic rings. The van der Waals surface area contributed by atoms with Crippen LogP contribution < -0.4 is 10.7 Å². The van der Waals surface area contributed by atoms with Crippen LogP contribution in [0.1, 0.15) is 65.7 Å². The number of carbonyl (C=O) groups excluding carboxylic acids is 3. The molecular weight excluding hydrogens is 472 g/mol. The summed E-state index contributed by atoms with van der Waals surface area (Å²) in [5.41, 5.74) is 0.596. The summed E-state index contributed by atoms with van der Waals surface area (Å²) in [5.74, 6) is -2.18. The Balaban J connectivity index is 2.10. The van der Waals surface area contributed by atoms with Gasteiger partial charge in [0.1, 0.15) is 5.82 Å². The summed E-state index contributed by atoms with van der Waals surface area (Å²) >= 11 is 0. The maximum absolute atomic E-state index is 14.7. The van der Waals surface area contributed by atoms with Crippen molar-refractivity contribution in [3.8, 4) is 0 Å². The minimum atomic E-state index is -4.69. The largest absolute Gasteiger partial charge is 0.417 e. The second-order valence-corrected chi connectivity index (χ2v) is 7.38. The third-order valence-electron chi connectivity index (χ3n) is 5.04. The molecule has 0 bridgehead atoms. The monoisotopic (exact) mass is 498 g/mol. The van der Waals surface area contributed by atoms with Gasteiger partial charge >= 0.3 is 12.2 Å². The molecule has 0 radical (unpaired) electrons. The highest BCUT2D eigenvalue weighted by atomic mass is 19.4. The number of hydrogen-bond donors (Lipinski definition) is 2. The predicted molar refractivity (Wildman–Crippen MR) is 117 cm³/mol. The van der Waals surface area contributed by atoms with Gasteiger partial charge in [-0.2, -0.15) is 13.2 Å². The van der Waals surface area contributed by atoms with Gasteiger partial charge in [-0.05, 0) is 39.8 Å². The van der Waals surface area contributed by atoms with E-state index in [0.29, 0.717) is 25.4 Å². The van der Waals surface area contributed by atoms with Crippen LogP contribution in [0.2, 0.25) is 0 Å². The second-order valence-electron chi connectivity index (χ2n) is 7.38. The molecule has 2 rings (SSSR count). The van der Waals surface area contributed by atoms with Crippen LogP contribution in [0.5, 0.6) is 0 Å². The maximum atomic E-state index is 14.7. The van der Waals surface area contributed by atoms with E-state index in [-0.39, 0.29) is 23.7 Å². The number of nitrogens with one attached hydrogen (secondary N) is 2. The fourth-order valence-electron chi connectivity index (χ4n) is 3.09. The van der Waals surface area contributed by atoms with Crippen molar-refractivity contribution >= 4 is 17.8 Å². The van der Waals surface area contributed by atoms with Gasteiger partial charge < -0.3 is 10.2 Å². The molecule has 35 heavy (non-hydrogen) atoms. The van der Waals surface area contributed by atoms with Crippen LogP contribution in [0, 0.1) is 5.82 Å². The van der Waals surface area contributed by atoms with E-state index in [9.17, 15) is 31.9 Å². The highest BCUT2D eigenvalue weighted by Gasteiger charge is 2.32. The Kier molecular flexibility index (Phi) is 9.09. The lowest BCUT2D eigenvalue weighted by atomic mass is 10.1. The first-order valence-corrected chi connectivity index (χ1v) is 10.8. The van der Waals surface area contributed by atoms with Gasteiger partial charge in [0.15, 0.2) is 0 Å². The molecule has 0 aliphatic heterocycles. The number of hydrazine groups is 1. The standard InChI is InChI=1S/C22H26F4N6O3/c1-5-31(6-2)20(34)15-9-17(23)18(28-11-15)13(4)29-21(35)32(7-3)30-19(33)14-8-16(12-27-10-14)22(24,25)26/h8-13H,5-7H2,1-4H3,(H,29,35)(H,30,33)/t13-/m1/s1. The number of rotatable bonds is 7. The summed E-state index contributed by atoms with van der Waals surface area (Å²) in [6.07, 6.45) is -1.98. The van der Waals surface area contributed by atoms with Crippen LogP contribution in [0.3, 0.4) is 0 Å². The zero-order chi connectivity index (χ0) is 26.3.